The minimum atomic E-state index is 0.333. The molecule has 0 aliphatic rings. The third-order valence-corrected chi connectivity index (χ3v) is 4.33. The van der Waals surface area contributed by atoms with E-state index in [9.17, 15) is 0 Å². The fourth-order valence-corrected chi connectivity index (χ4v) is 2.85. The van der Waals surface area contributed by atoms with E-state index in [2.05, 4.69) is 15.3 Å². The molecule has 12 N–H and O–H groups in total. The number of unbranched alkanes of at least 4 members (excludes halogenated alkanes) is 10. The summed E-state index contributed by atoms with van der Waals surface area (Å²) in [5.41, 5.74) is 21.4. The SMILES string of the molecule is NC(N)=[NH+]CCCCCCCC[NH2+]CCCCCCCC[NH+]=C(N)N. The Kier molecular flexibility index (Phi) is 17.7. The monoisotopic (exact) mass is 358 g/mol. The highest BCUT2D eigenvalue weighted by Gasteiger charge is 1.96. The topological polar surface area (TPSA) is 149 Å². The van der Waals surface area contributed by atoms with Crippen LogP contribution in [0.3, 0.4) is 0 Å². The zero-order valence-corrected chi connectivity index (χ0v) is 16.2. The van der Waals surface area contributed by atoms with Gasteiger partial charge in [0, 0.05) is 0 Å². The van der Waals surface area contributed by atoms with Crippen molar-refractivity contribution in [1.29, 1.82) is 0 Å². The van der Waals surface area contributed by atoms with Gasteiger partial charge in [-0.15, -0.1) is 0 Å². The number of quaternary nitrogens is 1. The fraction of sp³-hybridized carbons (Fsp3) is 0.889. The van der Waals surface area contributed by atoms with Gasteiger partial charge in [-0.1, -0.05) is 38.5 Å². The molecular formula is C18H44N7+3. The van der Waals surface area contributed by atoms with E-state index in [0.29, 0.717) is 11.9 Å². The first kappa shape index (κ1) is 23.5. The first-order chi connectivity index (χ1) is 12.1. The molecule has 0 aliphatic carbocycles. The molecule has 0 aromatic carbocycles. The first-order valence-corrected chi connectivity index (χ1v) is 10.2. The molecule has 0 unspecified atom stereocenters. The summed E-state index contributed by atoms with van der Waals surface area (Å²) in [6, 6.07) is 0. The molecule has 7 nitrogen and oxygen atoms in total. The normalized spacial score (nSPS) is 10.6. The van der Waals surface area contributed by atoms with Gasteiger partial charge in [-0.2, -0.15) is 0 Å². The minimum Gasteiger partial charge on any atom is -0.346 e. The molecular weight excluding hydrogens is 314 g/mol. The molecule has 0 fully saturated rings. The summed E-state index contributed by atoms with van der Waals surface area (Å²) in [6.45, 7) is 4.35. The zero-order chi connectivity index (χ0) is 18.6. The van der Waals surface area contributed by atoms with Gasteiger partial charge >= 0.3 is 11.9 Å². The molecule has 0 saturated heterocycles. The van der Waals surface area contributed by atoms with Crippen molar-refractivity contribution in [3.05, 3.63) is 0 Å². The number of hydrogen-bond acceptors (Lipinski definition) is 0. The lowest BCUT2D eigenvalue weighted by molar-refractivity contribution is -0.655. The first-order valence-electron chi connectivity index (χ1n) is 10.2. The van der Waals surface area contributed by atoms with E-state index >= 15 is 0 Å². The van der Waals surface area contributed by atoms with E-state index in [1.54, 1.807) is 0 Å². The molecule has 0 heterocycles. The molecule has 0 saturated carbocycles. The van der Waals surface area contributed by atoms with Crippen LogP contribution in [0.2, 0.25) is 0 Å². The minimum absolute atomic E-state index is 0.333. The van der Waals surface area contributed by atoms with Crippen LogP contribution in [0.15, 0.2) is 0 Å². The quantitative estimate of drug-likeness (QED) is 0.0791. The maximum Gasteiger partial charge on any atom is 0.338 e. The highest BCUT2D eigenvalue weighted by Crippen LogP contribution is 2.04. The van der Waals surface area contributed by atoms with Crippen molar-refractivity contribution in [1.82, 2.24) is 0 Å². The Morgan fingerprint density at radius 1 is 0.480 bits per heavy atom. The summed E-state index contributed by atoms with van der Waals surface area (Å²) in [5, 5.41) is 2.48. The standard InChI is InChI=1S/C18H41N7/c19-17(20)24-15-11-7-3-1-5-9-13-23-14-10-6-2-4-8-12-16-25-18(21)22/h23H,1-16H2,(H4,19,20,24)(H4,21,22,25)/p+3. The molecule has 0 atom stereocenters. The second-order valence-corrected chi connectivity index (χ2v) is 6.87. The van der Waals surface area contributed by atoms with E-state index in [4.69, 9.17) is 22.9 Å². The number of rotatable bonds is 18. The van der Waals surface area contributed by atoms with Crippen LogP contribution < -0.4 is 38.2 Å². The summed E-state index contributed by atoms with van der Waals surface area (Å²) < 4.78 is 0. The number of guanidine groups is 2. The van der Waals surface area contributed by atoms with Crippen molar-refractivity contribution in [2.75, 3.05) is 26.2 Å². The number of nitrogens with one attached hydrogen (secondary N) is 2. The Hall–Kier alpha value is -1.50. The van der Waals surface area contributed by atoms with E-state index in [-0.39, 0.29) is 0 Å². The van der Waals surface area contributed by atoms with Gasteiger partial charge in [-0.25, -0.2) is 0 Å². The van der Waals surface area contributed by atoms with Crippen LogP contribution in [0.25, 0.3) is 0 Å². The van der Waals surface area contributed by atoms with Gasteiger partial charge in [0.15, 0.2) is 0 Å². The fourth-order valence-electron chi connectivity index (χ4n) is 2.85. The Morgan fingerprint density at radius 3 is 1.16 bits per heavy atom. The molecule has 0 aromatic rings. The molecule has 25 heavy (non-hydrogen) atoms. The maximum atomic E-state index is 5.34. The van der Waals surface area contributed by atoms with Crippen molar-refractivity contribution >= 4 is 11.9 Å². The maximum absolute atomic E-state index is 5.34. The van der Waals surface area contributed by atoms with Crippen LogP contribution in [-0.2, 0) is 0 Å². The van der Waals surface area contributed by atoms with Crippen LogP contribution in [0.4, 0.5) is 0 Å². The van der Waals surface area contributed by atoms with E-state index in [1.807, 2.05) is 0 Å². The van der Waals surface area contributed by atoms with E-state index in [0.717, 1.165) is 25.9 Å². The lowest BCUT2D eigenvalue weighted by Crippen LogP contribution is -2.84. The Morgan fingerprint density at radius 2 is 0.800 bits per heavy atom. The van der Waals surface area contributed by atoms with Gasteiger partial charge in [0.05, 0.1) is 26.2 Å². The smallest absolute Gasteiger partial charge is 0.338 e. The van der Waals surface area contributed by atoms with Gasteiger partial charge in [0.1, 0.15) is 0 Å². The van der Waals surface area contributed by atoms with Gasteiger partial charge in [0.25, 0.3) is 0 Å². The van der Waals surface area contributed by atoms with Crippen molar-refractivity contribution in [3.63, 3.8) is 0 Å². The third-order valence-electron chi connectivity index (χ3n) is 4.33. The van der Waals surface area contributed by atoms with Crippen LogP contribution in [-0.4, -0.2) is 38.1 Å². The van der Waals surface area contributed by atoms with E-state index in [1.165, 1.54) is 77.3 Å². The summed E-state index contributed by atoms with van der Waals surface area (Å²) >= 11 is 0. The lowest BCUT2D eigenvalue weighted by atomic mass is 10.1. The van der Waals surface area contributed by atoms with Gasteiger partial charge in [-0.3, -0.25) is 32.9 Å². The summed E-state index contributed by atoms with van der Waals surface area (Å²) in [7, 11) is 0. The second-order valence-electron chi connectivity index (χ2n) is 6.87. The predicted octanol–water partition coefficient (Wildman–Crippen LogP) is -3.06. The van der Waals surface area contributed by atoms with Crippen LogP contribution in [0.1, 0.15) is 77.0 Å². The zero-order valence-electron chi connectivity index (χ0n) is 16.2. The summed E-state index contributed by atoms with van der Waals surface area (Å²) in [6.07, 6.45) is 15.6. The molecule has 0 aromatic heterocycles. The molecule has 0 spiro atoms. The Balaban J connectivity index is 3.05. The molecule has 7 heteroatoms. The van der Waals surface area contributed by atoms with Crippen molar-refractivity contribution in [2.45, 2.75) is 77.0 Å². The van der Waals surface area contributed by atoms with Crippen LogP contribution in [0.5, 0.6) is 0 Å². The van der Waals surface area contributed by atoms with Gasteiger partial charge in [-0.05, 0) is 38.5 Å². The third kappa shape index (κ3) is 22.5. The molecule has 0 amide bonds. The van der Waals surface area contributed by atoms with Crippen molar-refractivity contribution < 1.29 is 15.3 Å². The van der Waals surface area contributed by atoms with Gasteiger partial charge < -0.3 is 5.32 Å². The molecule has 0 bridgehead atoms. The molecule has 148 valence electrons. The Labute approximate surface area is 154 Å². The summed E-state index contributed by atoms with van der Waals surface area (Å²) in [5.74, 6) is 0.666. The van der Waals surface area contributed by atoms with E-state index < -0.39 is 0 Å². The Bertz CT molecular complexity index is 302. The van der Waals surface area contributed by atoms with Crippen LogP contribution in [0, 0.1) is 0 Å². The predicted molar refractivity (Wildman–Crippen MR) is 105 cm³/mol. The molecule has 0 radical (unpaired) electrons. The average molecular weight is 359 g/mol. The second kappa shape index (κ2) is 18.8. The molecule has 0 rings (SSSR count). The van der Waals surface area contributed by atoms with Crippen LogP contribution >= 0.6 is 0 Å². The lowest BCUT2D eigenvalue weighted by Gasteiger charge is -2.03. The highest BCUT2D eigenvalue weighted by atomic mass is 15.0. The number of nitrogens with two attached hydrogens (primary N) is 5. The van der Waals surface area contributed by atoms with Crippen molar-refractivity contribution in [3.8, 4) is 0 Å². The number of hydrogen-bond donors (Lipinski definition) is 7. The highest BCUT2D eigenvalue weighted by molar-refractivity contribution is 5.69. The van der Waals surface area contributed by atoms with Crippen molar-refractivity contribution in [2.24, 2.45) is 22.9 Å². The molecule has 0 aliphatic heterocycles. The largest absolute Gasteiger partial charge is 0.346 e. The van der Waals surface area contributed by atoms with Gasteiger partial charge in [0.2, 0.25) is 0 Å². The average Bonchev–Trinajstić information content (AvgIpc) is 2.56. The summed E-state index contributed by atoms with van der Waals surface area (Å²) in [4.78, 5) is 5.91.